The van der Waals surface area contributed by atoms with Crippen molar-refractivity contribution >= 4 is 63.5 Å². The van der Waals surface area contributed by atoms with Crippen LogP contribution >= 0.6 is 34.2 Å². The standard InChI is InChI=1S/C24H15ClIN3O6/c1-34-21-11-14(10-19(26)22(21)35-24(31)15-5-3-2-4-6-15)9-16(13-27)23(30)28-17-7-8-18(25)20(12-17)29(32)33/h2-12H,1H3,(H,28,30)/b16-9+. The Hall–Kier alpha value is -3.95. The molecule has 0 unspecified atom stereocenters. The van der Waals surface area contributed by atoms with E-state index in [2.05, 4.69) is 5.32 Å². The number of nitrogens with zero attached hydrogens (tertiary/aromatic N) is 2. The second-order valence-electron chi connectivity index (χ2n) is 6.84. The van der Waals surface area contributed by atoms with Gasteiger partial charge in [-0.2, -0.15) is 5.26 Å². The van der Waals surface area contributed by atoms with Crippen molar-refractivity contribution < 1.29 is 24.0 Å². The van der Waals surface area contributed by atoms with Crippen molar-refractivity contribution in [3.8, 4) is 17.6 Å². The number of carbonyl (C=O) groups excluding carboxylic acids is 2. The molecule has 0 spiro atoms. The molecule has 0 aliphatic carbocycles. The fourth-order valence-electron chi connectivity index (χ4n) is 2.89. The molecule has 3 rings (SSSR count). The average Bonchev–Trinajstić information content (AvgIpc) is 2.85. The molecule has 1 N–H and O–H groups in total. The molecule has 0 saturated heterocycles. The Morgan fingerprint density at radius 3 is 2.51 bits per heavy atom. The Balaban J connectivity index is 1.87. The van der Waals surface area contributed by atoms with Gasteiger partial charge in [0.1, 0.15) is 16.7 Å². The summed E-state index contributed by atoms with van der Waals surface area (Å²) in [5, 5.41) is 22.9. The second-order valence-corrected chi connectivity index (χ2v) is 8.41. The van der Waals surface area contributed by atoms with E-state index in [0.717, 1.165) is 6.07 Å². The minimum absolute atomic E-state index is 0.0845. The van der Waals surface area contributed by atoms with Crippen LogP contribution in [0.4, 0.5) is 11.4 Å². The number of halogens is 2. The van der Waals surface area contributed by atoms with Crippen LogP contribution in [0, 0.1) is 25.0 Å². The summed E-state index contributed by atoms with van der Waals surface area (Å²) in [5.74, 6) is -0.939. The second kappa shape index (κ2) is 11.5. The zero-order chi connectivity index (χ0) is 25.5. The first-order valence-electron chi connectivity index (χ1n) is 9.75. The molecular formula is C24H15ClIN3O6. The Morgan fingerprint density at radius 1 is 1.17 bits per heavy atom. The lowest BCUT2D eigenvalue weighted by molar-refractivity contribution is -0.384. The summed E-state index contributed by atoms with van der Waals surface area (Å²) in [4.78, 5) is 35.4. The van der Waals surface area contributed by atoms with Crippen molar-refractivity contribution in [3.63, 3.8) is 0 Å². The summed E-state index contributed by atoms with van der Waals surface area (Å²) in [6.07, 6.45) is 1.31. The molecule has 1 amide bonds. The van der Waals surface area contributed by atoms with E-state index in [-0.39, 0.29) is 33.5 Å². The van der Waals surface area contributed by atoms with E-state index in [1.54, 1.807) is 42.5 Å². The van der Waals surface area contributed by atoms with Gasteiger partial charge in [-0.15, -0.1) is 0 Å². The van der Waals surface area contributed by atoms with Crippen molar-refractivity contribution in [2.45, 2.75) is 0 Å². The molecule has 0 aliphatic rings. The van der Waals surface area contributed by atoms with Gasteiger partial charge in [-0.1, -0.05) is 29.8 Å². The highest BCUT2D eigenvalue weighted by Crippen LogP contribution is 2.35. The Kier molecular flexibility index (Phi) is 8.40. The quantitative estimate of drug-likeness (QED) is 0.0705. The monoisotopic (exact) mass is 603 g/mol. The summed E-state index contributed by atoms with van der Waals surface area (Å²) in [5.41, 5.74) is 0.240. The summed E-state index contributed by atoms with van der Waals surface area (Å²) < 4.78 is 11.4. The highest BCUT2D eigenvalue weighted by Gasteiger charge is 2.19. The third kappa shape index (κ3) is 6.34. The third-order valence-electron chi connectivity index (χ3n) is 4.53. The van der Waals surface area contributed by atoms with Crippen molar-refractivity contribution in [2.75, 3.05) is 12.4 Å². The van der Waals surface area contributed by atoms with Gasteiger partial charge in [0.25, 0.3) is 11.6 Å². The van der Waals surface area contributed by atoms with Gasteiger partial charge < -0.3 is 14.8 Å². The molecule has 9 nitrogen and oxygen atoms in total. The largest absolute Gasteiger partial charge is 0.493 e. The summed E-state index contributed by atoms with van der Waals surface area (Å²) in [6, 6.07) is 17.1. The van der Waals surface area contributed by atoms with Crippen molar-refractivity contribution in [2.24, 2.45) is 0 Å². The number of nitriles is 1. The van der Waals surface area contributed by atoms with Crippen LogP contribution in [-0.4, -0.2) is 23.9 Å². The number of anilines is 1. The number of esters is 1. The smallest absolute Gasteiger partial charge is 0.343 e. The lowest BCUT2D eigenvalue weighted by Crippen LogP contribution is -2.13. The third-order valence-corrected chi connectivity index (χ3v) is 5.65. The van der Waals surface area contributed by atoms with Crippen LogP contribution in [0.15, 0.2) is 66.2 Å². The number of nitro groups is 1. The Labute approximate surface area is 218 Å². The van der Waals surface area contributed by atoms with E-state index in [4.69, 9.17) is 21.1 Å². The number of nitrogens with one attached hydrogen (secondary N) is 1. The minimum atomic E-state index is -0.780. The summed E-state index contributed by atoms with van der Waals surface area (Å²) in [7, 11) is 1.39. The summed E-state index contributed by atoms with van der Waals surface area (Å²) >= 11 is 7.73. The van der Waals surface area contributed by atoms with Crippen LogP contribution in [0.3, 0.4) is 0 Å². The molecule has 176 valence electrons. The van der Waals surface area contributed by atoms with Gasteiger partial charge in [-0.05, 0) is 70.6 Å². The minimum Gasteiger partial charge on any atom is -0.493 e. The maximum Gasteiger partial charge on any atom is 0.343 e. The number of hydrogen-bond acceptors (Lipinski definition) is 7. The van der Waals surface area contributed by atoms with Crippen molar-refractivity contribution in [1.29, 1.82) is 5.26 Å². The van der Waals surface area contributed by atoms with Crippen LogP contribution in [0.5, 0.6) is 11.5 Å². The number of ether oxygens (including phenoxy) is 2. The van der Waals surface area contributed by atoms with Crippen LogP contribution in [-0.2, 0) is 4.79 Å². The molecule has 3 aromatic carbocycles. The highest BCUT2D eigenvalue weighted by atomic mass is 127. The number of carbonyl (C=O) groups is 2. The molecule has 35 heavy (non-hydrogen) atoms. The van der Waals surface area contributed by atoms with E-state index in [1.807, 2.05) is 22.6 Å². The highest BCUT2D eigenvalue weighted by molar-refractivity contribution is 14.1. The lowest BCUT2D eigenvalue weighted by atomic mass is 10.1. The molecule has 0 saturated carbocycles. The van der Waals surface area contributed by atoms with Crippen LogP contribution in [0.1, 0.15) is 15.9 Å². The molecule has 0 fully saturated rings. The zero-order valence-corrected chi connectivity index (χ0v) is 20.9. The molecule has 0 aliphatic heterocycles. The van der Waals surface area contributed by atoms with Gasteiger partial charge in [-0.3, -0.25) is 14.9 Å². The predicted molar refractivity (Wildman–Crippen MR) is 137 cm³/mol. The average molecular weight is 604 g/mol. The molecular weight excluding hydrogens is 589 g/mol. The van der Waals surface area contributed by atoms with E-state index >= 15 is 0 Å². The lowest BCUT2D eigenvalue weighted by Gasteiger charge is -2.12. The van der Waals surface area contributed by atoms with E-state index in [1.165, 1.54) is 31.4 Å². The maximum atomic E-state index is 12.6. The molecule has 0 radical (unpaired) electrons. The molecule has 3 aromatic rings. The van der Waals surface area contributed by atoms with Gasteiger partial charge in [0, 0.05) is 11.8 Å². The molecule has 0 heterocycles. The first-order chi connectivity index (χ1) is 16.7. The Bertz CT molecular complexity index is 1390. The molecule has 0 aromatic heterocycles. The van der Waals surface area contributed by atoms with Crippen molar-refractivity contribution in [3.05, 3.63) is 96.1 Å². The molecule has 0 bridgehead atoms. The van der Waals surface area contributed by atoms with Crippen LogP contribution in [0.25, 0.3) is 6.08 Å². The topological polar surface area (TPSA) is 132 Å². The van der Waals surface area contributed by atoms with E-state index < -0.39 is 16.8 Å². The van der Waals surface area contributed by atoms with Crippen LogP contribution in [0.2, 0.25) is 5.02 Å². The SMILES string of the molecule is COc1cc(/C=C(\C#N)C(=O)Nc2ccc(Cl)c([N+](=O)[O-])c2)cc(I)c1OC(=O)c1ccccc1. The number of benzene rings is 3. The zero-order valence-electron chi connectivity index (χ0n) is 18.0. The fraction of sp³-hybridized carbons (Fsp3) is 0.0417. The number of nitro benzene ring substituents is 1. The van der Waals surface area contributed by atoms with Gasteiger partial charge in [-0.25, -0.2) is 4.79 Å². The molecule has 11 heteroatoms. The van der Waals surface area contributed by atoms with E-state index in [9.17, 15) is 25.0 Å². The van der Waals surface area contributed by atoms with Gasteiger partial charge >= 0.3 is 5.97 Å². The van der Waals surface area contributed by atoms with Crippen molar-refractivity contribution in [1.82, 2.24) is 0 Å². The fourth-order valence-corrected chi connectivity index (χ4v) is 3.81. The number of amides is 1. The maximum absolute atomic E-state index is 12.6. The normalized spacial score (nSPS) is 10.7. The first-order valence-corrected chi connectivity index (χ1v) is 11.2. The number of rotatable bonds is 7. The summed E-state index contributed by atoms with van der Waals surface area (Å²) in [6.45, 7) is 0. The van der Waals surface area contributed by atoms with Gasteiger partial charge in [0.15, 0.2) is 11.5 Å². The van der Waals surface area contributed by atoms with Crippen LogP contribution < -0.4 is 14.8 Å². The molecule has 0 atom stereocenters. The number of methoxy groups -OCH3 is 1. The Morgan fingerprint density at radius 2 is 1.89 bits per heavy atom. The number of hydrogen-bond donors (Lipinski definition) is 1. The first kappa shape index (κ1) is 25.7. The predicted octanol–water partition coefficient (Wildman–Crippen LogP) is 5.63. The van der Waals surface area contributed by atoms with Gasteiger partial charge in [0.05, 0.1) is 21.2 Å². The van der Waals surface area contributed by atoms with E-state index in [0.29, 0.717) is 14.7 Å². The van der Waals surface area contributed by atoms with Gasteiger partial charge in [0.2, 0.25) is 0 Å².